The highest BCUT2D eigenvalue weighted by molar-refractivity contribution is 5.97. The van der Waals surface area contributed by atoms with E-state index in [1.165, 1.54) is 0 Å². The summed E-state index contributed by atoms with van der Waals surface area (Å²) in [6.07, 6.45) is 4.33. The van der Waals surface area contributed by atoms with Crippen LogP contribution in [0.5, 0.6) is 17.2 Å². The molecule has 3 heterocycles. The van der Waals surface area contributed by atoms with Gasteiger partial charge in [0.25, 0.3) is 0 Å². The van der Waals surface area contributed by atoms with Crippen molar-refractivity contribution in [3.05, 3.63) is 54.1 Å². The zero-order chi connectivity index (χ0) is 23.7. The lowest BCUT2D eigenvalue weighted by Crippen LogP contribution is -2.26. The van der Waals surface area contributed by atoms with Crippen molar-refractivity contribution in [3.63, 3.8) is 0 Å². The summed E-state index contributed by atoms with van der Waals surface area (Å²) in [5.74, 6) is 3.67. The SMILES string of the molecule is COc1ccc2c(c1)CC(c1nc(N(C)CCO)c3cc(-c4cn[nH]c4)cc(OC)c3n1)CO2. The molecule has 1 unspecified atom stereocenters. The number of likely N-dealkylation sites (N-methyl/N-ethyl adjacent to an activating group) is 1. The average molecular weight is 462 g/mol. The molecule has 0 fully saturated rings. The molecule has 0 saturated heterocycles. The Hall–Kier alpha value is -3.85. The van der Waals surface area contributed by atoms with Gasteiger partial charge in [0.15, 0.2) is 0 Å². The standard InChI is InChI=1S/C25H27N5O4/c1-30(6-7-31)25-20-10-15(18-12-26-27-13-18)11-22(33-3)23(20)28-24(29-25)17-8-16-9-19(32-2)4-5-21(16)34-14-17/h4-5,9-13,17,31H,6-8,14H2,1-3H3,(H,26,27). The fourth-order valence-electron chi connectivity index (χ4n) is 4.33. The molecule has 9 heteroatoms. The molecule has 176 valence electrons. The Morgan fingerprint density at radius 1 is 1.15 bits per heavy atom. The number of anilines is 1. The number of aliphatic hydroxyl groups is 1. The van der Waals surface area contributed by atoms with Gasteiger partial charge < -0.3 is 24.2 Å². The van der Waals surface area contributed by atoms with Crippen LogP contribution in [-0.4, -0.2) is 66.3 Å². The number of nitrogens with one attached hydrogen (secondary N) is 1. The van der Waals surface area contributed by atoms with E-state index in [1.54, 1.807) is 20.4 Å². The van der Waals surface area contributed by atoms with E-state index in [1.807, 2.05) is 48.5 Å². The minimum absolute atomic E-state index is 0.00952. The van der Waals surface area contributed by atoms with E-state index >= 15 is 0 Å². The fraction of sp³-hybridized carbons (Fsp3) is 0.320. The minimum atomic E-state index is -0.0384. The number of benzene rings is 2. The van der Waals surface area contributed by atoms with Crippen LogP contribution in [0.25, 0.3) is 22.0 Å². The molecule has 4 aromatic rings. The summed E-state index contributed by atoms with van der Waals surface area (Å²) in [4.78, 5) is 11.9. The maximum Gasteiger partial charge on any atom is 0.145 e. The number of nitrogens with zero attached hydrogens (tertiary/aromatic N) is 4. The van der Waals surface area contributed by atoms with Crippen molar-refractivity contribution in [1.29, 1.82) is 0 Å². The molecule has 1 aliphatic rings. The van der Waals surface area contributed by atoms with E-state index in [0.717, 1.165) is 51.3 Å². The Morgan fingerprint density at radius 2 is 2.03 bits per heavy atom. The average Bonchev–Trinajstić information content (AvgIpc) is 3.42. The molecule has 2 N–H and O–H groups in total. The number of hydrogen-bond acceptors (Lipinski definition) is 8. The molecular formula is C25H27N5O4. The summed E-state index contributed by atoms with van der Waals surface area (Å²) in [7, 11) is 5.21. The first-order valence-electron chi connectivity index (χ1n) is 11.1. The first-order chi connectivity index (χ1) is 16.6. The van der Waals surface area contributed by atoms with Crippen LogP contribution >= 0.6 is 0 Å². The molecule has 0 amide bonds. The Morgan fingerprint density at radius 3 is 2.76 bits per heavy atom. The van der Waals surface area contributed by atoms with Crippen LogP contribution in [0, 0.1) is 0 Å². The van der Waals surface area contributed by atoms with Gasteiger partial charge in [0.05, 0.1) is 39.5 Å². The van der Waals surface area contributed by atoms with Gasteiger partial charge in [-0.1, -0.05) is 0 Å². The normalized spacial score (nSPS) is 15.0. The van der Waals surface area contributed by atoms with Gasteiger partial charge in [-0.25, -0.2) is 9.97 Å². The quantitative estimate of drug-likeness (QED) is 0.432. The number of aliphatic hydroxyl groups excluding tert-OH is 1. The van der Waals surface area contributed by atoms with Crippen molar-refractivity contribution in [1.82, 2.24) is 20.2 Å². The van der Waals surface area contributed by atoms with Crippen molar-refractivity contribution in [3.8, 4) is 28.4 Å². The summed E-state index contributed by atoms with van der Waals surface area (Å²) < 4.78 is 17.2. The lowest BCUT2D eigenvalue weighted by atomic mass is 9.95. The Bertz CT molecular complexity index is 1310. The second-order valence-electron chi connectivity index (χ2n) is 8.30. The number of methoxy groups -OCH3 is 2. The van der Waals surface area contributed by atoms with E-state index in [2.05, 4.69) is 10.2 Å². The second kappa shape index (κ2) is 9.18. The number of H-pyrrole nitrogens is 1. The van der Waals surface area contributed by atoms with Gasteiger partial charge in [0.1, 0.15) is 34.4 Å². The fourth-order valence-corrected chi connectivity index (χ4v) is 4.33. The van der Waals surface area contributed by atoms with Crippen LogP contribution in [0.15, 0.2) is 42.7 Å². The van der Waals surface area contributed by atoms with E-state index in [-0.39, 0.29) is 12.5 Å². The van der Waals surface area contributed by atoms with Crippen molar-refractivity contribution in [2.45, 2.75) is 12.3 Å². The molecular weight excluding hydrogens is 434 g/mol. The highest BCUT2D eigenvalue weighted by Crippen LogP contribution is 2.38. The molecule has 9 nitrogen and oxygen atoms in total. The number of ether oxygens (including phenoxy) is 3. The van der Waals surface area contributed by atoms with Gasteiger partial charge >= 0.3 is 0 Å². The molecule has 0 bridgehead atoms. The summed E-state index contributed by atoms with van der Waals surface area (Å²) >= 11 is 0. The number of aromatic nitrogens is 4. The van der Waals surface area contributed by atoms with Crippen LogP contribution in [0.1, 0.15) is 17.3 Å². The number of fused-ring (bicyclic) bond motifs is 2. The maximum atomic E-state index is 9.60. The van der Waals surface area contributed by atoms with Gasteiger partial charge in [0, 0.05) is 30.7 Å². The van der Waals surface area contributed by atoms with Gasteiger partial charge in [-0.2, -0.15) is 5.10 Å². The maximum absolute atomic E-state index is 9.60. The van der Waals surface area contributed by atoms with Gasteiger partial charge in [-0.15, -0.1) is 0 Å². The lowest BCUT2D eigenvalue weighted by Gasteiger charge is -2.27. The van der Waals surface area contributed by atoms with Crippen LogP contribution < -0.4 is 19.1 Å². The third-order valence-electron chi connectivity index (χ3n) is 6.15. The lowest BCUT2D eigenvalue weighted by molar-refractivity contribution is 0.257. The third kappa shape index (κ3) is 3.99. The highest BCUT2D eigenvalue weighted by Gasteiger charge is 2.27. The number of rotatable bonds is 7. The second-order valence-corrected chi connectivity index (χ2v) is 8.30. The first-order valence-corrected chi connectivity index (χ1v) is 11.1. The van der Waals surface area contributed by atoms with Crippen molar-refractivity contribution < 1.29 is 19.3 Å². The van der Waals surface area contributed by atoms with Gasteiger partial charge in [-0.05, 0) is 47.9 Å². The first kappa shape index (κ1) is 22.0. The predicted molar refractivity (Wildman–Crippen MR) is 129 cm³/mol. The van der Waals surface area contributed by atoms with Gasteiger partial charge in [0.2, 0.25) is 0 Å². The molecule has 0 spiro atoms. The third-order valence-corrected chi connectivity index (χ3v) is 6.15. The molecule has 1 atom stereocenters. The van der Waals surface area contributed by atoms with Crippen LogP contribution in [-0.2, 0) is 6.42 Å². The van der Waals surface area contributed by atoms with Crippen LogP contribution in [0.2, 0.25) is 0 Å². The monoisotopic (exact) mass is 461 g/mol. The van der Waals surface area contributed by atoms with E-state index < -0.39 is 0 Å². The smallest absolute Gasteiger partial charge is 0.145 e. The topological polar surface area (TPSA) is 106 Å². The molecule has 0 radical (unpaired) electrons. The van der Waals surface area contributed by atoms with Crippen LogP contribution in [0.4, 0.5) is 5.82 Å². The molecule has 2 aromatic carbocycles. The molecule has 5 rings (SSSR count). The van der Waals surface area contributed by atoms with E-state index in [0.29, 0.717) is 24.7 Å². The van der Waals surface area contributed by atoms with E-state index in [9.17, 15) is 5.11 Å². The highest BCUT2D eigenvalue weighted by atomic mass is 16.5. The summed E-state index contributed by atoms with van der Waals surface area (Å²) in [6.45, 7) is 0.921. The molecule has 0 aliphatic carbocycles. The Labute approximate surface area is 197 Å². The molecule has 1 aliphatic heterocycles. The molecule has 34 heavy (non-hydrogen) atoms. The molecule has 2 aromatic heterocycles. The molecule has 0 saturated carbocycles. The minimum Gasteiger partial charge on any atom is -0.497 e. The number of hydrogen-bond donors (Lipinski definition) is 2. The summed E-state index contributed by atoms with van der Waals surface area (Å²) in [6, 6.07) is 9.83. The summed E-state index contributed by atoms with van der Waals surface area (Å²) in [5.41, 5.74) is 3.66. The van der Waals surface area contributed by atoms with Crippen LogP contribution in [0.3, 0.4) is 0 Å². The van der Waals surface area contributed by atoms with Crippen molar-refractivity contribution in [2.75, 3.05) is 45.9 Å². The van der Waals surface area contributed by atoms with Crippen molar-refractivity contribution >= 4 is 16.7 Å². The van der Waals surface area contributed by atoms with Gasteiger partial charge in [-0.3, -0.25) is 5.10 Å². The zero-order valence-corrected chi connectivity index (χ0v) is 19.4. The predicted octanol–water partition coefficient (Wildman–Crippen LogP) is 3.18. The Balaban J connectivity index is 1.64. The Kier molecular flexibility index (Phi) is 5.93. The summed E-state index contributed by atoms with van der Waals surface area (Å²) in [5, 5.41) is 17.4. The van der Waals surface area contributed by atoms with Crippen molar-refractivity contribution in [2.24, 2.45) is 0 Å². The zero-order valence-electron chi connectivity index (χ0n) is 19.4. The number of aromatic amines is 1. The largest absolute Gasteiger partial charge is 0.497 e. The van der Waals surface area contributed by atoms with E-state index in [4.69, 9.17) is 24.2 Å².